The van der Waals surface area contributed by atoms with E-state index >= 15 is 0 Å². The van der Waals surface area contributed by atoms with Gasteiger partial charge in [0.05, 0.1) is 7.11 Å². The van der Waals surface area contributed by atoms with E-state index in [4.69, 9.17) is 4.74 Å². The molecule has 1 aromatic heterocycles. The van der Waals surface area contributed by atoms with Gasteiger partial charge < -0.3 is 20.3 Å². The fourth-order valence-electron chi connectivity index (χ4n) is 3.15. The predicted molar refractivity (Wildman–Crippen MR) is 132 cm³/mol. The molecular weight excluding hydrogens is 438 g/mol. The number of amides is 3. The van der Waals surface area contributed by atoms with Crippen molar-refractivity contribution in [2.45, 2.75) is 33.1 Å². The van der Waals surface area contributed by atoms with E-state index in [0.717, 1.165) is 29.8 Å². The number of aryl methyl sites for hydroxylation is 1. The molecule has 0 atom stereocenters. The van der Waals surface area contributed by atoms with E-state index in [1.54, 1.807) is 12.0 Å². The lowest BCUT2D eigenvalue weighted by Crippen LogP contribution is -2.37. The zero-order valence-corrected chi connectivity index (χ0v) is 19.9. The molecule has 174 valence electrons. The second-order valence-corrected chi connectivity index (χ2v) is 8.38. The van der Waals surface area contributed by atoms with Crippen molar-refractivity contribution >= 4 is 34.1 Å². The van der Waals surface area contributed by atoms with Crippen molar-refractivity contribution in [2.24, 2.45) is 0 Å². The Bertz CT molecular complexity index is 1050. The summed E-state index contributed by atoms with van der Waals surface area (Å²) in [6, 6.07) is 15.0. The molecule has 3 rings (SSSR count). The second kappa shape index (κ2) is 12.0. The molecule has 0 saturated heterocycles. The molecule has 0 unspecified atom stereocenters. The zero-order valence-electron chi connectivity index (χ0n) is 19.1. The Morgan fingerprint density at radius 3 is 2.33 bits per heavy atom. The number of hydrogen-bond acceptors (Lipinski definition) is 6. The van der Waals surface area contributed by atoms with Crippen molar-refractivity contribution in [1.82, 2.24) is 15.1 Å². The summed E-state index contributed by atoms with van der Waals surface area (Å²) in [5.74, 6) is 0.545. The van der Waals surface area contributed by atoms with E-state index < -0.39 is 0 Å². The van der Waals surface area contributed by atoms with Crippen LogP contribution in [0.15, 0.2) is 48.5 Å². The summed E-state index contributed by atoms with van der Waals surface area (Å²) in [6.07, 6.45) is 1.91. The number of ether oxygens (including phenoxy) is 1. The molecular formula is C24H29N5O3S. The van der Waals surface area contributed by atoms with Crippen LogP contribution in [-0.2, 0) is 11.2 Å². The standard InChI is InChI=1S/C24H29N5O3S/c1-4-15-29(24(31)25-19-10-6-17(5-2)7-11-19)16-14-21(30)26-23-28-27-22(33-23)18-8-12-20(32-3)13-9-18/h6-13H,4-5,14-16H2,1-3H3,(H,25,31)(H,26,28,30). The van der Waals surface area contributed by atoms with Crippen LogP contribution in [-0.4, -0.2) is 47.2 Å². The monoisotopic (exact) mass is 467 g/mol. The number of hydrogen-bond donors (Lipinski definition) is 2. The van der Waals surface area contributed by atoms with Gasteiger partial charge in [-0.05, 0) is 54.8 Å². The lowest BCUT2D eigenvalue weighted by Gasteiger charge is -2.22. The number of benzene rings is 2. The highest BCUT2D eigenvalue weighted by atomic mass is 32.1. The number of nitrogens with zero attached hydrogens (tertiary/aromatic N) is 3. The maximum absolute atomic E-state index is 12.7. The molecule has 0 bridgehead atoms. The third kappa shape index (κ3) is 7.01. The van der Waals surface area contributed by atoms with Crippen molar-refractivity contribution in [3.63, 3.8) is 0 Å². The largest absolute Gasteiger partial charge is 0.497 e. The summed E-state index contributed by atoms with van der Waals surface area (Å²) in [6.45, 7) is 4.96. The van der Waals surface area contributed by atoms with Gasteiger partial charge in [0.15, 0.2) is 0 Å². The lowest BCUT2D eigenvalue weighted by atomic mass is 10.1. The number of methoxy groups -OCH3 is 1. The van der Waals surface area contributed by atoms with Crippen LogP contribution in [0.3, 0.4) is 0 Å². The summed E-state index contributed by atoms with van der Waals surface area (Å²) in [7, 11) is 1.61. The third-order valence-corrected chi connectivity index (χ3v) is 5.90. The smallest absolute Gasteiger partial charge is 0.321 e. The third-order valence-electron chi connectivity index (χ3n) is 5.01. The molecule has 0 radical (unpaired) electrons. The molecule has 9 heteroatoms. The number of urea groups is 1. The highest BCUT2D eigenvalue weighted by Gasteiger charge is 2.16. The molecule has 2 aromatic carbocycles. The van der Waals surface area contributed by atoms with Crippen molar-refractivity contribution in [2.75, 3.05) is 30.8 Å². The number of carbonyl (C=O) groups excluding carboxylic acids is 2. The second-order valence-electron chi connectivity index (χ2n) is 7.41. The van der Waals surface area contributed by atoms with Gasteiger partial charge in [0.2, 0.25) is 11.0 Å². The first-order chi connectivity index (χ1) is 16.0. The first-order valence-electron chi connectivity index (χ1n) is 10.9. The van der Waals surface area contributed by atoms with Crippen LogP contribution in [0.25, 0.3) is 10.6 Å². The van der Waals surface area contributed by atoms with Gasteiger partial charge in [-0.3, -0.25) is 4.79 Å². The molecule has 3 aromatic rings. The van der Waals surface area contributed by atoms with Gasteiger partial charge in [0, 0.05) is 30.8 Å². The average Bonchev–Trinajstić information content (AvgIpc) is 3.30. The SMILES string of the molecule is CCCN(CCC(=O)Nc1nnc(-c2ccc(OC)cc2)s1)C(=O)Nc1ccc(CC)cc1. The molecule has 1 heterocycles. The van der Waals surface area contributed by atoms with Crippen LogP contribution in [0, 0.1) is 0 Å². The van der Waals surface area contributed by atoms with Crippen molar-refractivity contribution in [1.29, 1.82) is 0 Å². The van der Waals surface area contributed by atoms with Gasteiger partial charge in [-0.2, -0.15) is 0 Å². The quantitative estimate of drug-likeness (QED) is 0.435. The predicted octanol–water partition coefficient (Wildman–Crippen LogP) is 5.05. The van der Waals surface area contributed by atoms with Crippen molar-refractivity contribution in [3.8, 4) is 16.3 Å². The van der Waals surface area contributed by atoms with Crippen LogP contribution < -0.4 is 15.4 Å². The topological polar surface area (TPSA) is 96.5 Å². The molecule has 0 aliphatic carbocycles. The van der Waals surface area contributed by atoms with Gasteiger partial charge >= 0.3 is 6.03 Å². The molecule has 0 saturated carbocycles. The minimum absolute atomic E-state index is 0.166. The molecule has 0 aliphatic heterocycles. The van der Waals surface area contributed by atoms with E-state index in [-0.39, 0.29) is 18.4 Å². The van der Waals surface area contributed by atoms with Crippen LogP contribution in [0.1, 0.15) is 32.3 Å². The van der Waals surface area contributed by atoms with Gasteiger partial charge in [-0.1, -0.05) is 37.3 Å². The van der Waals surface area contributed by atoms with Gasteiger partial charge in [-0.15, -0.1) is 10.2 Å². The fraction of sp³-hybridized carbons (Fsp3) is 0.333. The van der Waals surface area contributed by atoms with Crippen LogP contribution in [0.2, 0.25) is 0 Å². The van der Waals surface area contributed by atoms with E-state index in [9.17, 15) is 9.59 Å². The fourth-order valence-corrected chi connectivity index (χ4v) is 3.92. The van der Waals surface area contributed by atoms with E-state index in [2.05, 4.69) is 27.8 Å². The minimum atomic E-state index is -0.216. The van der Waals surface area contributed by atoms with Crippen LogP contribution >= 0.6 is 11.3 Å². The Labute approximate surface area is 198 Å². The Kier molecular flexibility index (Phi) is 8.77. The average molecular weight is 468 g/mol. The van der Waals surface area contributed by atoms with Crippen LogP contribution in [0.4, 0.5) is 15.6 Å². The number of nitrogens with one attached hydrogen (secondary N) is 2. The Hall–Kier alpha value is -3.46. The lowest BCUT2D eigenvalue weighted by molar-refractivity contribution is -0.116. The highest BCUT2D eigenvalue weighted by Crippen LogP contribution is 2.27. The van der Waals surface area contributed by atoms with E-state index in [0.29, 0.717) is 23.2 Å². The first kappa shape index (κ1) is 24.2. The summed E-state index contributed by atoms with van der Waals surface area (Å²) in [5, 5.41) is 15.0. The molecule has 0 aliphatic rings. The van der Waals surface area contributed by atoms with Gasteiger partial charge in [0.1, 0.15) is 10.8 Å². The minimum Gasteiger partial charge on any atom is -0.497 e. The summed E-state index contributed by atoms with van der Waals surface area (Å²) >= 11 is 1.30. The maximum atomic E-state index is 12.7. The molecule has 0 fully saturated rings. The van der Waals surface area contributed by atoms with Gasteiger partial charge in [0.25, 0.3) is 0 Å². The Morgan fingerprint density at radius 1 is 0.970 bits per heavy atom. The zero-order chi connectivity index (χ0) is 23.6. The summed E-state index contributed by atoms with van der Waals surface area (Å²) in [5.41, 5.74) is 2.84. The first-order valence-corrected chi connectivity index (χ1v) is 11.8. The number of carbonyl (C=O) groups is 2. The van der Waals surface area contributed by atoms with E-state index in [1.165, 1.54) is 16.9 Å². The molecule has 0 spiro atoms. The molecule has 33 heavy (non-hydrogen) atoms. The number of anilines is 2. The van der Waals surface area contributed by atoms with Crippen LogP contribution in [0.5, 0.6) is 5.75 Å². The number of aromatic nitrogens is 2. The van der Waals surface area contributed by atoms with Gasteiger partial charge in [-0.25, -0.2) is 4.79 Å². The maximum Gasteiger partial charge on any atom is 0.321 e. The van der Waals surface area contributed by atoms with Crippen molar-refractivity contribution in [3.05, 3.63) is 54.1 Å². The van der Waals surface area contributed by atoms with Crippen molar-refractivity contribution < 1.29 is 14.3 Å². The summed E-state index contributed by atoms with van der Waals surface area (Å²) in [4.78, 5) is 26.8. The number of rotatable bonds is 10. The normalized spacial score (nSPS) is 10.5. The van der Waals surface area contributed by atoms with E-state index in [1.807, 2.05) is 55.5 Å². The molecule has 3 amide bonds. The summed E-state index contributed by atoms with van der Waals surface area (Å²) < 4.78 is 5.16. The Balaban J connectivity index is 1.52. The highest BCUT2D eigenvalue weighted by molar-refractivity contribution is 7.18. The Morgan fingerprint density at radius 2 is 1.70 bits per heavy atom. The molecule has 2 N–H and O–H groups in total. The molecule has 8 nitrogen and oxygen atoms in total.